The van der Waals surface area contributed by atoms with E-state index in [-0.39, 0.29) is 11.9 Å². The van der Waals surface area contributed by atoms with Crippen molar-refractivity contribution < 1.29 is 9.47 Å². The van der Waals surface area contributed by atoms with E-state index in [4.69, 9.17) is 14.7 Å². The quantitative estimate of drug-likeness (QED) is 0.926. The molecule has 0 aromatic carbocycles. The minimum Gasteiger partial charge on any atom is -0.474 e. The molecule has 0 bridgehead atoms. The summed E-state index contributed by atoms with van der Waals surface area (Å²) in [5, 5.41) is 9.92. The Kier molecular flexibility index (Phi) is 4.32. The fourth-order valence-corrected chi connectivity index (χ4v) is 3.68. The van der Waals surface area contributed by atoms with Gasteiger partial charge in [0.25, 0.3) is 0 Å². The number of morpholine rings is 1. The molecule has 0 amide bonds. The zero-order valence-corrected chi connectivity index (χ0v) is 13.6. The second kappa shape index (κ2) is 6.75. The van der Waals surface area contributed by atoms with E-state index in [9.17, 15) is 0 Å². The van der Waals surface area contributed by atoms with Gasteiger partial charge in [0, 0.05) is 25.3 Å². The lowest BCUT2D eigenvalue weighted by Gasteiger charge is -2.38. The Morgan fingerprint density at radius 3 is 2.75 bits per heavy atom. The third-order valence-electron chi connectivity index (χ3n) is 4.96. The summed E-state index contributed by atoms with van der Waals surface area (Å²) < 4.78 is 11.6. The molecule has 24 heavy (non-hydrogen) atoms. The molecule has 7 nitrogen and oxygen atoms in total. The predicted molar refractivity (Wildman–Crippen MR) is 87.7 cm³/mol. The summed E-state index contributed by atoms with van der Waals surface area (Å²) in [6.07, 6.45) is 6.25. The molecule has 1 saturated carbocycles. The van der Waals surface area contributed by atoms with Gasteiger partial charge in [0.1, 0.15) is 17.8 Å². The normalized spacial score (nSPS) is 25.5. The number of aromatic nitrogens is 3. The van der Waals surface area contributed by atoms with Crippen molar-refractivity contribution in [2.24, 2.45) is 0 Å². The fourth-order valence-electron chi connectivity index (χ4n) is 3.68. The van der Waals surface area contributed by atoms with Crippen LogP contribution < -0.4 is 4.74 Å². The van der Waals surface area contributed by atoms with E-state index in [1.807, 2.05) is 12.1 Å². The molecule has 1 N–H and O–H groups in total. The molecule has 1 saturated heterocycles. The average molecular weight is 327 g/mol. The van der Waals surface area contributed by atoms with Crippen LogP contribution in [0.2, 0.25) is 0 Å². The molecule has 0 spiro atoms. The molecular formula is C17H21N5O2. The summed E-state index contributed by atoms with van der Waals surface area (Å²) in [4.78, 5) is 14.0. The Hall–Kier alpha value is -2.17. The zero-order valence-electron chi connectivity index (χ0n) is 13.6. The SMILES string of the molecule is N#Cc1nc(O[C@H]2CC[C@H](N3CCOCC3)CC2)c2cc[nH]c2n1. The lowest BCUT2D eigenvalue weighted by atomic mass is 9.91. The van der Waals surface area contributed by atoms with Crippen LogP contribution in [0, 0.1) is 11.3 Å². The first-order chi connectivity index (χ1) is 11.8. The number of hydrogen-bond donors (Lipinski definition) is 1. The Morgan fingerprint density at radius 1 is 1.21 bits per heavy atom. The number of H-pyrrole nitrogens is 1. The van der Waals surface area contributed by atoms with Crippen LogP contribution in [0.3, 0.4) is 0 Å². The van der Waals surface area contributed by atoms with Crippen molar-refractivity contribution in [3.8, 4) is 11.9 Å². The number of nitriles is 1. The van der Waals surface area contributed by atoms with Crippen molar-refractivity contribution in [2.45, 2.75) is 37.8 Å². The van der Waals surface area contributed by atoms with Crippen molar-refractivity contribution in [2.75, 3.05) is 26.3 Å². The number of fused-ring (bicyclic) bond motifs is 1. The molecule has 1 aliphatic carbocycles. The number of ether oxygens (including phenoxy) is 2. The summed E-state index contributed by atoms with van der Waals surface area (Å²) in [6, 6.07) is 4.53. The smallest absolute Gasteiger partial charge is 0.237 e. The van der Waals surface area contributed by atoms with Gasteiger partial charge in [0.2, 0.25) is 11.7 Å². The second-order valence-corrected chi connectivity index (χ2v) is 6.40. The van der Waals surface area contributed by atoms with E-state index in [0.29, 0.717) is 17.6 Å². The van der Waals surface area contributed by atoms with E-state index in [2.05, 4.69) is 19.9 Å². The molecule has 0 radical (unpaired) electrons. The number of nitrogens with zero attached hydrogens (tertiary/aromatic N) is 4. The topological polar surface area (TPSA) is 87.1 Å². The molecule has 4 rings (SSSR count). The van der Waals surface area contributed by atoms with Gasteiger partial charge in [-0.15, -0.1) is 0 Å². The largest absolute Gasteiger partial charge is 0.474 e. The van der Waals surface area contributed by atoms with Crippen LogP contribution in [0.25, 0.3) is 11.0 Å². The number of rotatable bonds is 3. The van der Waals surface area contributed by atoms with Crippen LogP contribution in [0.15, 0.2) is 12.3 Å². The first-order valence-corrected chi connectivity index (χ1v) is 8.57. The third kappa shape index (κ3) is 3.07. The zero-order chi connectivity index (χ0) is 16.4. The van der Waals surface area contributed by atoms with Gasteiger partial charge in [-0.05, 0) is 31.7 Å². The highest BCUT2D eigenvalue weighted by molar-refractivity contribution is 5.81. The molecule has 126 valence electrons. The Morgan fingerprint density at radius 2 is 2.00 bits per heavy atom. The van der Waals surface area contributed by atoms with Crippen LogP contribution in [0.1, 0.15) is 31.5 Å². The maximum Gasteiger partial charge on any atom is 0.237 e. The molecule has 3 heterocycles. The van der Waals surface area contributed by atoms with Crippen LogP contribution in [0.5, 0.6) is 5.88 Å². The van der Waals surface area contributed by atoms with Crippen LogP contribution >= 0.6 is 0 Å². The molecule has 2 aliphatic rings. The fraction of sp³-hybridized carbons (Fsp3) is 0.588. The van der Waals surface area contributed by atoms with Crippen LogP contribution in [0.4, 0.5) is 0 Å². The van der Waals surface area contributed by atoms with Gasteiger partial charge in [0.05, 0.1) is 18.6 Å². The average Bonchev–Trinajstić information content (AvgIpc) is 3.12. The predicted octanol–water partition coefficient (Wildman–Crippen LogP) is 1.85. The molecular weight excluding hydrogens is 306 g/mol. The van der Waals surface area contributed by atoms with E-state index in [0.717, 1.165) is 57.4 Å². The van der Waals surface area contributed by atoms with Gasteiger partial charge >= 0.3 is 0 Å². The minimum absolute atomic E-state index is 0.141. The number of hydrogen-bond acceptors (Lipinski definition) is 6. The summed E-state index contributed by atoms with van der Waals surface area (Å²) in [7, 11) is 0. The maximum atomic E-state index is 9.08. The van der Waals surface area contributed by atoms with Crippen molar-refractivity contribution in [3.05, 3.63) is 18.1 Å². The van der Waals surface area contributed by atoms with Crippen molar-refractivity contribution >= 4 is 11.0 Å². The monoisotopic (exact) mass is 327 g/mol. The van der Waals surface area contributed by atoms with Crippen molar-refractivity contribution in [3.63, 3.8) is 0 Å². The third-order valence-corrected chi connectivity index (χ3v) is 4.96. The maximum absolute atomic E-state index is 9.08. The Bertz CT molecular complexity index is 739. The van der Waals surface area contributed by atoms with Gasteiger partial charge in [-0.3, -0.25) is 4.90 Å². The van der Waals surface area contributed by atoms with Gasteiger partial charge in [-0.2, -0.15) is 10.2 Å². The molecule has 2 aromatic heterocycles. The van der Waals surface area contributed by atoms with E-state index in [1.54, 1.807) is 6.20 Å². The summed E-state index contributed by atoms with van der Waals surface area (Å²) in [6.45, 7) is 3.77. The first-order valence-electron chi connectivity index (χ1n) is 8.57. The van der Waals surface area contributed by atoms with Crippen LogP contribution in [-0.4, -0.2) is 58.3 Å². The number of aromatic amines is 1. The molecule has 2 aromatic rings. The molecule has 7 heteroatoms. The first kappa shape index (κ1) is 15.4. The highest BCUT2D eigenvalue weighted by atomic mass is 16.5. The highest BCUT2D eigenvalue weighted by Gasteiger charge is 2.28. The lowest BCUT2D eigenvalue weighted by Crippen LogP contribution is -2.46. The highest BCUT2D eigenvalue weighted by Crippen LogP contribution is 2.29. The summed E-state index contributed by atoms with van der Waals surface area (Å²) >= 11 is 0. The minimum atomic E-state index is 0.141. The standard InChI is InChI=1S/C17H21N5O2/c18-11-15-20-16-14(5-6-19-16)17(21-15)24-13-3-1-12(2-4-13)22-7-9-23-10-8-22/h5-6,12-13H,1-4,7-10H2,(H,19,20,21)/t12-,13-. The van der Waals surface area contributed by atoms with Gasteiger partial charge in [0.15, 0.2) is 0 Å². The van der Waals surface area contributed by atoms with Crippen LogP contribution in [-0.2, 0) is 4.74 Å². The van der Waals surface area contributed by atoms with E-state index in [1.165, 1.54) is 0 Å². The van der Waals surface area contributed by atoms with Crippen molar-refractivity contribution in [1.29, 1.82) is 5.26 Å². The van der Waals surface area contributed by atoms with E-state index < -0.39 is 0 Å². The summed E-state index contributed by atoms with van der Waals surface area (Å²) in [5.41, 5.74) is 0.651. The second-order valence-electron chi connectivity index (χ2n) is 6.40. The molecule has 1 aliphatic heterocycles. The van der Waals surface area contributed by atoms with E-state index >= 15 is 0 Å². The van der Waals surface area contributed by atoms with Gasteiger partial charge < -0.3 is 14.5 Å². The van der Waals surface area contributed by atoms with Gasteiger partial charge in [-0.1, -0.05) is 0 Å². The van der Waals surface area contributed by atoms with Gasteiger partial charge in [-0.25, -0.2) is 4.98 Å². The molecule has 0 atom stereocenters. The number of nitrogens with one attached hydrogen (secondary N) is 1. The Balaban J connectivity index is 1.42. The molecule has 0 unspecified atom stereocenters. The van der Waals surface area contributed by atoms with Crippen molar-refractivity contribution in [1.82, 2.24) is 19.9 Å². The molecule has 2 fully saturated rings. The summed E-state index contributed by atoms with van der Waals surface area (Å²) in [5.74, 6) is 0.662. The Labute approximate surface area is 140 Å². The lowest BCUT2D eigenvalue weighted by molar-refractivity contribution is -0.00126.